The van der Waals surface area contributed by atoms with Crippen LogP contribution in [0.15, 0.2) is 66.7 Å². The molecule has 3 aromatic carbocycles. The number of hydrogen-bond acceptors (Lipinski definition) is 1. The summed E-state index contributed by atoms with van der Waals surface area (Å²) in [5.41, 5.74) is 4.33. The van der Waals surface area contributed by atoms with E-state index in [0.29, 0.717) is 5.54 Å². The molecule has 27 heavy (non-hydrogen) atoms. The largest absolute Gasteiger partial charge is 0.380 e. The van der Waals surface area contributed by atoms with E-state index in [0.717, 1.165) is 17.8 Å². The number of rotatable bonds is 3. The standard InChI is InChI=1S/C26H27N/c1-2-6-24-21(4-1)5-3-7-25(24)22-8-10-23(11-9-22)27-26-15-18-12-19(16-26)14-20(13-18)17-26/h1-11,18-20,27H,12-17H2. The maximum atomic E-state index is 4.00. The maximum Gasteiger partial charge on any atom is 0.0381 e. The van der Waals surface area contributed by atoms with Gasteiger partial charge in [-0.05, 0) is 90.3 Å². The summed E-state index contributed by atoms with van der Waals surface area (Å²) >= 11 is 0. The molecule has 0 heterocycles. The van der Waals surface area contributed by atoms with Gasteiger partial charge in [-0.25, -0.2) is 0 Å². The van der Waals surface area contributed by atoms with Crippen LogP contribution in [0.25, 0.3) is 21.9 Å². The number of benzene rings is 3. The Morgan fingerprint density at radius 1 is 0.667 bits per heavy atom. The van der Waals surface area contributed by atoms with Crippen LogP contribution in [0.5, 0.6) is 0 Å². The predicted octanol–water partition coefficient (Wildman–Crippen LogP) is 6.89. The Morgan fingerprint density at radius 3 is 2.00 bits per heavy atom. The third kappa shape index (κ3) is 2.67. The summed E-state index contributed by atoms with van der Waals surface area (Å²) in [7, 11) is 0. The van der Waals surface area contributed by atoms with E-state index >= 15 is 0 Å². The zero-order chi connectivity index (χ0) is 17.8. The van der Waals surface area contributed by atoms with Crippen molar-refractivity contribution < 1.29 is 0 Å². The molecule has 1 N–H and O–H groups in total. The highest BCUT2D eigenvalue weighted by atomic mass is 15.0. The van der Waals surface area contributed by atoms with Crippen LogP contribution in [0.3, 0.4) is 0 Å². The van der Waals surface area contributed by atoms with Crippen molar-refractivity contribution in [3.05, 3.63) is 66.7 Å². The Bertz CT molecular complexity index is 944. The van der Waals surface area contributed by atoms with Crippen molar-refractivity contribution in [3.8, 4) is 11.1 Å². The van der Waals surface area contributed by atoms with Gasteiger partial charge in [0.1, 0.15) is 0 Å². The first-order valence-corrected chi connectivity index (χ1v) is 10.6. The fourth-order valence-corrected chi connectivity index (χ4v) is 6.78. The molecule has 0 aromatic heterocycles. The molecule has 136 valence electrons. The van der Waals surface area contributed by atoms with Crippen molar-refractivity contribution in [3.63, 3.8) is 0 Å². The molecule has 0 unspecified atom stereocenters. The van der Waals surface area contributed by atoms with E-state index in [-0.39, 0.29) is 0 Å². The minimum atomic E-state index is 0.385. The second-order valence-electron chi connectivity index (χ2n) is 9.43. The molecule has 4 aliphatic rings. The highest BCUT2D eigenvalue weighted by Crippen LogP contribution is 2.56. The molecular formula is C26H27N. The molecule has 0 aliphatic heterocycles. The van der Waals surface area contributed by atoms with Crippen LogP contribution < -0.4 is 5.32 Å². The lowest BCUT2D eigenvalue weighted by atomic mass is 9.53. The van der Waals surface area contributed by atoms with Crippen LogP contribution in [0, 0.1) is 17.8 Å². The van der Waals surface area contributed by atoms with Crippen molar-refractivity contribution in [1.82, 2.24) is 0 Å². The quantitative estimate of drug-likeness (QED) is 0.541. The van der Waals surface area contributed by atoms with Crippen molar-refractivity contribution in [2.75, 3.05) is 5.32 Å². The van der Waals surface area contributed by atoms with Crippen LogP contribution in [-0.4, -0.2) is 5.54 Å². The zero-order valence-corrected chi connectivity index (χ0v) is 15.8. The molecule has 1 nitrogen and oxygen atoms in total. The monoisotopic (exact) mass is 353 g/mol. The van der Waals surface area contributed by atoms with E-state index in [4.69, 9.17) is 0 Å². The van der Waals surface area contributed by atoms with E-state index in [1.807, 2.05) is 0 Å². The number of fused-ring (bicyclic) bond motifs is 1. The molecule has 0 spiro atoms. The fraction of sp³-hybridized carbons (Fsp3) is 0.385. The lowest BCUT2D eigenvalue weighted by molar-refractivity contribution is 0.0107. The van der Waals surface area contributed by atoms with Gasteiger partial charge in [-0.3, -0.25) is 0 Å². The fourth-order valence-electron chi connectivity index (χ4n) is 6.78. The van der Waals surface area contributed by atoms with Gasteiger partial charge in [0.15, 0.2) is 0 Å². The van der Waals surface area contributed by atoms with E-state index < -0.39 is 0 Å². The third-order valence-electron chi connectivity index (χ3n) is 7.43. The van der Waals surface area contributed by atoms with Crippen molar-refractivity contribution in [1.29, 1.82) is 0 Å². The van der Waals surface area contributed by atoms with Crippen LogP contribution >= 0.6 is 0 Å². The van der Waals surface area contributed by atoms with Gasteiger partial charge < -0.3 is 5.32 Å². The van der Waals surface area contributed by atoms with Gasteiger partial charge in [0.25, 0.3) is 0 Å². The molecule has 0 amide bonds. The first kappa shape index (κ1) is 15.7. The molecule has 7 rings (SSSR count). The Kier molecular flexibility index (Phi) is 3.42. The molecule has 1 heteroatoms. The first-order chi connectivity index (χ1) is 13.3. The lowest BCUT2D eigenvalue weighted by Crippen LogP contribution is -2.54. The summed E-state index contributed by atoms with van der Waals surface area (Å²) < 4.78 is 0. The van der Waals surface area contributed by atoms with Crippen LogP contribution in [0.1, 0.15) is 38.5 Å². The molecule has 4 saturated carbocycles. The summed E-state index contributed by atoms with van der Waals surface area (Å²) in [6.07, 6.45) is 8.68. The van der Waals surface area contributed by atoms with Gasteiger partial charge in [-0.15, -0.1) is 0 Å². The van der Waals surface area contributed by atoms with Crippen molar-refractivity contribution in [2.24, 2.45) is 17.8 Å². The maximum absolute atomic E-state index is 4.00. The SMILES string of the molecule is c1ccc2c(-c3ccc(NC45CC6CC(CC(C6)C4)C5)cc3)cccc2c1. The summed E-state index contributed by atoms with van der Waals surface area (Å²) in [4.78, 5) is 0. The van der Waals surface area contributed by atoms with Crippen LogP contribution in [0.2, 0.25) is 0 Å². The van der Waals surface area contributed by atoms with E-state index in [1.54, 1.807) is 0 Å². The molecule has 4 bridgehead atoms. The second-order valence-corrected chi connectivity index (χ2v) is 9.43. The molecule has 4 fully saturated rings. The summed E-state index contributed by atoms with van der Waals surface area (Å²) in [6, 6.07) is 24.5. The number of anilines is 1. The molecule has 0 atom stereocenters. The minimum absolute atomic E-state index is 0.385. The van der Waals surface area contributed by atoms with Crippen LogP contribution in [-0.2, 0) is 0 Å². The molecular weight excluding hydrogens is 326 g/mol. The van der Waals surface area contributed by atoms with Crippen molar-refractivity contribution >= 4 is 16.5 Å². The number of nitrogens with one attached hydrogen (secondary N) is 1. The second kappa shape index (κ2) is 5.86. The molecule has 4 aliphatic carbocycles. The smallest absolute Gasteiger partial charge is 0.0381 e. The van der Waals surface area contributed by atoms with Gasteiger partial charge in [-0.2, -0.15) is 0 Å². The highest BCUT2D eigenvalue weighted by molar-refractivity contribution is 5.96. The van der Waals surface area contributed by atoms with E-state index in [2.05, 4.69) is 72.0 Å². The Labute approximate surface area is 161 Å². The zero-order valence-electron chi connectivity index (χ0n) is 15.8. The van der Waals surface area contributed by atoms with Crippen LogP contribution in [0.4, 0.5) is 5.69 Å². The average molecular weight is 354 g/mol. The van der Waals surface area contributed by atoms with E-state index in [9.17, 15) is 0 Å². The highest BCUT2D eigenvalue weighted by Gasteiger charge is 2.50. The summed E-state index contributed by atoms with van der Waals surface area (Å²) in [6.45, 7) is 0. The number of hydrogen-bond donors (Lipinski definition) is 1. The Balaban J connectivity index is 1.29. The summed E-state index contributed by atoms with van der Waals surface area (Å²) in [5, 5.41) is 6.65. The normalized spacial score (nSPS) is 31.3. The van der Waals surface area contributed by atoms with Crippen molar-refractivity contribution in [2.45, 2.75) is 44.1 Å². The Morgan fingerprint density at radius 2 is 1.30 bits per heavy atom. The molecule has 3 aromatic rings. The summed E-state index contributed by atoms with van der Waals surface area (Å²) in [5.74, 6) is 2.95. The van der Waals surface area contributed by atoms with Gasteiger partial charge in [-0.1, -0.05) is 54.6 Å². The average Bonchev–Trinajstić information content (AvgIpc) is 2.67. The van der Waals surface area contributed by atoms with Gasteiger partial charge in [0, 0.05) is 11.2 Å². The minimum Gasteiger partial charge on any atom is -0.380 e. The molecule has 0 radical (unpaired) electrons. The Hall–Kier alpha value is -2.28. The van der Waals surface area contributed by atoms with Gasteiger partial charge >= 0.3 is 0 Å². The van der Waals surface area contributed by atoms with Gasteiger partial charge in [0.2, 0.25) is 0 Å². The third-order valence-corrected chi connectivity index (χ3v) is 7.43. The lowest BCUT2D eigenvalue weighted by Gasteiger charge is -2.57. The topological polar surface area (TPSA) is 12.0 Å². The predicted molar refractivity (Wildman–Crippen MR) is 114 cm³/mol. The van der Waals surface area contributed by atoms with Gasteiger partial charge in [0.05, 0.1) is 0 Å². The van der Waals surface area contributed by atoms with E-state index in [1.165, 1.54) is 66.1 Å². The first-order valence-electron chi connectivity index (χ1n) is 10.6. The molecule has 0 saturated heterocycles.